The number of benzene rings is 2. The summed E-state index contributed by atoms with van der Waals surface area (Å²) in [6.07, 6.45) is 0.639. The van der Waals surface area contributed by atoms with Crippen molar-refractivity contribution in [2.75, 3.05) is 0 Å². The second-order valence-corrected chi connectivity index (χ2v) is 10.0. The maximum atomic E-state index is 14.9. The topological polar surface area (TPSA) is 148 Å². The van der Waals surface area contributed by atoms with Crippen molar-refractivity contribution >= 4 is 31.9 Å². The van der Waals surface area contributed by atoms with Crippen LogP contribution in [0.25, 0.3) is 0 Å². The number of halogens is 2. The molecule has 1 aromatic heterocycles. The van der Waals surface area contributed by atoms with Gasteiger partial charge < -0.3 is 10.2 Å². The van der Waals surface area contributed by atoms with Crippen molar-refractivity contribution in [3.05, 3.63) is 79.3 Å². The number of nitrogens with one attached hydrogen (secondary N) is 2. The molecule has 4 N–H and O–H groups in total. The fourth-order valence-corrected chi connectivity index (χ4v) is 5.57. The number of primary amides is 1. The molecule has 0 aliphatic carbocycles. The molecule has 0 aliphatic rings. The van der Waals surface area contributed by atoms with E-state index >= 15 is 0 Å². The molecular weight excluding hydrogens is 519 g/mol. The Labute approximate surface area is 197 Å². The maximum Gasteiger partial charge on any atom is 0.434 e. The Bertz CT molecular complexity index is 1370. The van der Waals surface area contributed by atoms with Gasteiger partial charge in [0.05, 0.1) is 10.5 Å². The number of rotatable bonds is 8. The number of sulfonamides is 1. The Hall–Kier alpha value is -2.83. The van der Waals surface area contributed by atoms with E-state index in [0.717, 1.165) is 5.56 Å². The molecule has 0 unspecified atom stereocenters. The predicted octanol–water partition coefficient (Wildman–Crippen LogP) is 3.06. The number of amides is 1. The number of nitrogens with two attached hydrogens (primary N) is 1. The summed E-state index contributed by atoms with van der Waals surface area (Å²) in [7, 11) is -4.40. The molecule has 2 aromatic carbocycles. The molecule has 12 heteroatoms. The molecule has 33 heavy (non-hydrogen) atoms. The van der Waals surface area contributed by atoms with Gasteiger partial charge in [-0.15, -0.1) is 5.10 Å². The van der Waals surface area contributed by atoms with E-state index in [-0.39, 0.29) is 21.9 Å². The summed E-state index contributed by atoms with van der Waals surface area (Å²) in [5.74, 6) is -3.52. The highest BCUT2D eigenvalue weighted by molar-refractivity contribution is 9.10. The maximum absolute atomic E-state index is 14.9. The van der Waals surface area contributed by atoms with E-state index in [1.165, 1.54) is 24.3 Å². The first-order valence-electron chi connectivity index (χ1n) is 9.91. The van der Waals surface area contributed by atoms with Crippen molar-refractivity contribution in [3.63, 3.8) is 0 Å². The molecule has 3 aromatic rings. The van der Waals surface area contributed by atoms with Crippen LogP contribution in [0, 0.1) is 12.7 Å². The molecule has 0 aliphatic heterocycles. The van der Waals surface area contributed by atoms with Crippen LogP contribution in [0.5, 0.6) is 0 Å². The van der Waals surface area contributed by atoms with Gasteiger partial charge in [-0.3, -0.25) is 4.79 Å². The minimum absolute atomic E-state index is 0.248. The fourth-order valence-electron chi connectivity index (χ4n) is 3.75. The summed E-state index contributed by atoms with van der Waals surface area (Å²) >= 11 is 3.18. The molecule has 2 atom stereocenters. The number of aryl methyl sites for hydroxylation is 1. The molecular formula is C21H22BrFN4O5S. The number of carbonyl (C=O) groups excluding carboxylic acids is 1. The number of aromatic amines is 1. The molecule has 3 rings (SSSR count). The molecule has 176 valence electrons. The highest BCUT2D eigenvalue weighted by atomic mass is 79.9. The van der Waals surface area contributed by atoms with Crippen LogP contribution in [-0.4, -0.2) is 24.5 Å². The van der Waals surface area contributed by atoms with Gasteiger partial charge in [-0.25, -0.2) is 22.7 Å². The van der Waals surface area contributed by atoms with Crippen LogP contribution >= 0.6 is 15.9 Å². The van der Waals surface area contributed by atoms with E-state index < -0.39 is 39.5 Å². The highest BCUT2D eigenvalue weighted by Crippen LogP contribution is 2.36. The van der Waals surface area contributed by atoms with Gasteiger partial charge in [0.15, 0.2) is 0 Å². The summed E-state index contributed by atoms with van der Waals surface area (Å²) in [6, 6.07) is 5.61. The van der Waals surface area contributed by atoms with E-state index in [0.29, 0.717) is 16.5 Å². The Morgan fingerprint density at radius 2 is 2.03 bits per heavy atom. The first-order valence-corrected chi connectivity index (χ1v) is 12.2. The largest absolute Gasteiger partial charge is 0.434 e. The van der Waals surface area contributed by atoms with Gasteiger partial charge in [-0.1, -0.05) is 35.8 Å². The van der Waals surface area contributed by atoms with Crippen LogP contribution < -0.4 is 16.2 Å². The Kier molecular flexibility index (Phi) is 7.20. The summed E-state index contributed by atoms with van der Waals surface area (Å²) in [5.41, 5.74) is 6.90. The third-order valence-corrected chi connectivity index (χ3v) is 7.40. The lowest BCUT2D eigenvalue weighted by atomic mass is 9.87. The summed E-state index contributed by atoms with van der Waals surface area (Å²) < 4.78 is 49.4. The zero-order chi connectivity index (χ0) is 24.5. The zero-order valence-corrected chi connectivity index (χ0v) is 20.4. The van der Waals surface area contributed by atoms with Gasteiger partial charge in [-0.2, -0.15) is 4.72 Å². The van der Waals surface area contributed by atoms with E-state index in [1.807, 2.05) is 6.92 Å². The third kappa shape index (κ3) is 5.07. The van der Waals surface area contributed by atoms with E-state index in [1.54, 1.807) is 19.9 Å². The summed E-state index contributed by atoms with van der Waals surface area (Å²) in [6.45, 7) is 5.24. The Morgan fingerprint density at radius 1 is 1.33 bits per heavy atom. The number of hydrogen-bond donors (Lipinski definition) is 3. The standard InChI is InChI=1S/C21H22BrFN4O5S/c1-4-12-5-7-15(23)17(10(12)2)11(3)18(20-25-26-21(29)32-20)27-33(30,31)16-8-6-13(22)9-14(16)19(24)28/h5-9,11,18,27H,4H2,1-3H3,(H2,24,28)(H,26,29)/t11-,18+/m1/s1. The lowest BCUT2D eigenvalue weighted by molar-refractivity contribution is 0.0997. The number of H-pyrrole nitrogens is 1. The number of aromatic nitrogens is 2. The number of hydrogen-bond acceptors (Lipinski definition) is 6. The minimum atomic E-state index is -4.40. The van der Waals surface area contributed by atoms with Crippen molar-refractivity contribution in [3.8, 4) is 0 Å². The van der Waals surface area contributed by atoms with Crippen LogP contribution in [0.3, 0.4) is 0 Å². The molecule has 1 amide bonds. The van der Waals surface area contributed by atoms with Gasteiger partial charge in [-0.05, 0) is 54.3 Å². The Balaban J connectivity index is 2.15. The van der Waals surface area contributed by atoms with Crippen molar-refractivity contribution in [1.82, 2.24) is 14.9 Å². The first-order chi connectivity index (χ1) is 15.5. The molecule has 0 saturated carbocycles. The van der Waals surface area contributed by atoms with Gasteiger partial charge in [0, 0.05) is 10.4 Å². The average molecular weight is 541 g/mol. The van der Waals surface area contributed by atoms with Crippen molar-refractivity contribution in [2.45, 2.75) is 44.0 Å². The van der Waals surface area contributed by atoms with Crippen LogP contribution in [0.15, 0.2) is 48.9 Å². The monoisotopic (exact) mass is 540 g/mol. The van der Waals surface area contributed by atoms with Gasteiger partial charge >= 0.3 is 5.76 Å². The van der Waals surface area contributed by atoms with Crippen LogP contribution in [0.1, 0.15) is 58.7 Å². The second kappa shape index (κ2) is 9.57. The van der Waals surface area contributed by atoms with Crippen LogP contribution in [0.4, 0.5) is 4.39 Å². The highest BCUT2D eigenvalue weighted by Gasteiger charge is 2.34. The molecule has 9 nitrogen and oxygen atoms in total. The lowest BCUT2D eigenvalue weighted by Crippen LogP contribution is -2.34. The van der Waals surface area contributed by atoms with Gasteiger partial charge in [0.2, 0.25) is 21.8 Å². The van der Waals surface area contributed by atoms with E-state index in [9.17, 15) is 22.4 Å². The smallest absolute Gasteiger partial charge is 0.391 e. The van der Waals surface area contributed by atoms with Crippen LogP contribution in [-0.2, 0) is 16.4 Å². The lowest BCUT2D eigenvalue weighted by Gasteiger charge is -2.25. The summed E-state index contributed by atoms with van der Waals surface area (Å²) in [4.78, 5) is 23.1. The normalized spacial score (nSPS) is 13.6. The molecule has 0 radical (unpaired) electrons. The molecule has 0 spiro atoms. The molecule has 0 fully saturated rings. The SMILES string of the molecule is CCc1ccc(F)c([C@@H](C)[C@H](NS(=O)(=O)c2ccc(Br)cc2C(N)=O)c2n[nH]c(=O)o2)c1C. The third-order valence-electron chi connectivity index (χ3n) is 5.41. The van der Waals surface area contributed by atoms with E-state index in [2.05, 4.69) is 30.8 Å². The molecule has 0 saturated heterocycles. The quantitative estimate of drug-likeness (QED) is 0.399. The van der Waals surface area contributed by atoms with Gasteiger partial charge in [0.25, 0.3) is 0 Å². The number of nitrogens with zero attached hydrogens (tertiary/aromatic N) is 1. The van der Waals surface area contributed by atoms with E-state index in [4.69, 9.17) is 10.2 Å². The van der Waals surface area contributed by atoms with Crippen molar-refractivity contribution in [2.24, 2.45) is 5.73 Å². The fraction of sp³-hybridized carbons (Fsp3) is 0.286. The average Bonchev–Trinajstić information content (AvgIpc) is 3.17. The Morgan fingerprint density at radius 3 is 2.61 bits per heavy atom. The first kappa shape index (κ1) is 24.8. The predicted molar refractivity (Wildman–Crippen MR) is 122 cm³/mol. The second-order valence-electron chi connectivity index (χ2n) is 7.44. The van der Waals surface area contributed by atoms with Crippen molar-refractivity contribution in [1.29, 1.82) is 0 Å². The number of carbonyl (C=O) groups is 1. The van der Waals surface area contributed by atoms with Crippen molar-refractivity contribution < 1.29 is 22.0 Å². The summed E-state index contributed by atoms with van der Waals surface area (Å²) in [5, 5.41) is 5.85. The molecule has 1 heterocycles. The zero-order valence-electron chi connectivity index (χ0n) is 18.0. The molecule has 0 bridgehead atoms. The minimum Gasteiger partial charge on any atom is -0.391 e. The van der Waals surface area contributed by atoms with Crippen LogP contribution in [0.2, 0.25) is 0 Å². The van der Waals surface area contributed by atoms with Gasteiger partial charge in [0.1, 0.15) is 11.9 Å².